The predicted octanol–water partition coefficient (Wildman–Crippen LogP) is 4.20. The van der Waals surface area contributed by atoms with Crippen LogP contribution >= 0.6 is 11.6 Å². The maximum Gasteiger partial charge on any atom is 0.417 e. The Balaban J connectivity index is 1.97. The molecule has 2 aromatic carbocycles. The van der Waals surface area contributed by atoms with E-state index in [-0.39, 0.29) is 29.1 Å². The highest BCUT2D eigenvalue weighted by molar-refractivity contribution is 6.31. The summed E-state index contributed by atoms with van der Waals surface area (Å²) in [5.41, 5.74) is 1.48. The number of aromatic hydroxyl groups is 1. The molecule has 0 spiro atoms. The minimum atomic E-state index is -4.65. The van der Waals surface area contributed by atoms with Crippen LogP contribution < -0.4 is 10.7 Å². The van der Waals surface area contributed by atoms with Gasteiger partial charge in [0.25, 0.3) is 5.91 Å². The number of rotatable bonds is 5. The van der Waals surface area contributed by atoms with Crippen molar-refractivity contribution in [1.82, 2.24) is 5.43 Å². The first-order chi connectivity index (χ1) is 13.1. The molecule has 0 saturated heterocycles. The van der Waals surface area contributed by atoms with Gasteiger partial charge in [0, 0.05) is 17.0 Å². The average molecular weight is 414 g/mol. The second kappa shape index (κ2) is 8.75. The van der Waals surface area contributed by atoms with Crippen molar-refractivity contribution in [3.05, 3.63) is 58.6 Å². The fraction of sp³-hybridized carbons (Fsp3) is 0.167. The van der Waals surface area contributed by atoms with Crippen LogP contribution in [0, 0.1) is 0 Å². The summed E-state index contributed by atoms with van der Waals surface area (Å²) in [7, 11) is 0. The molecule has 0 heterocycles. The van der Waals surface area contributed by atoms with Gasteiger partial charge in [0.05, 0.1) is 17.0 Å². The van der Waals surface area contributed by atoms with Crippen LogP contribution in [0.1, 0.15) is 29.3 Å². The summed E-state index contributed by atoms with van der Waals surface area (Å²) in [4.78, 5) is 23.9. The Morgan fingerprint density at radius 2 is 1.89 bits per heavy atom. The van der Waals surface area contributed by atoms with Gasteiger partial charge in [0.2, 0.25) is 5.91 Å². The number of nitrogens with one attached hydrogen (secondary N) is 2. The first-order valence-corrected chi connectivity index (χ1v) is 8.23. The van der Waals surface area contributed by atoms with Gasteiger partial charge in [-0.15, -0.1) is 0 Å². The van der Waals surface area contributed by atoms with E-state index in [1.54, 1.807) is 0 Å². The Morgan fingerprint density at radius 1 is 1.18 bits per heavy atom. The van der Waals surface area contributed by atoms with E-state index in [4.69, 9.17) is 11.6 Å². The zero-order valence-corrected chi connectivity index (χ0v) is 15.2. The van der Waals surface area contributed by atoms with Crippen molar-refractivity contribution >= 4 is 34.8 Å². The Hall–Kier alpha value is -3.07. The molecule has 0 aromatic heterocycles. The number of nitrogens with zero attached hydrogens (tertiary/aromatic N) is 1. The number of hydrogen-bond acceptors (Lipinski definition) is 4. The molecule has 0 aliphatic carbocycles. The van der Waals surface area contributed by atoms with Crippen LogP contribution in [0.5, 0.6) is 5.75 Å². The number of hydrogen-bond donors (Lipinski definition) is 3. The van der Waals surface area contributed by atoms with Gasteiger partial charge >= 0.3 is 6.18 Å². The summed E-state index contributed by atoms with van der Waals surface area (Å²) >= 11 is 5.53. The smallest absolute Gasteiger partial charge is 0.417 e. The number of alkyl halides is 3. The normalized spacial score (nSPS) is 11.8. The third-order valence-corrected chi connectivity index (χ3v) is 3.76. The highest BCUT2D eigenvalue weighted by atomic mass is 35.5. The summed E-state index contributed by atoms with van der Waals surface area (Å²) in [6.07, 6.45) is -4.91. The fourth-order valence-corrected chi connectivity index (χ4v) is 2.38. The third kappa shape index (κ3) is 5.98. The number of phenolic OH excluding ortho intramolecular Hbond substituents is 1. The van der Waals surface area contributed by atoms with Crippen LogP contribution in [-0.4, -0.2) is 22.6 Å². The number of amides is 2. The molecule has 0 aliphatic heterocycles. The zero-order chi connectivity index (χ0) is 20.9. The molecular formula is C18H15ClF3N3O3. The lowest BCUT2D eigenvalue weighted by Crippen LogP contribution is -2.21. The molecule has 0 atom stereocenters. The average Bonchev–Trinajstić information content (AvgIpc) is 2.60. The quantitative estimate of drug-likeness (QED) is 0.507. The lowest BCUT2D eigenvalue weighted by molar-refractivity contribution is -0.137. The zero-order valence-electron chi connectivity index (χ0n) is 14.5. The summed E-state index contributed by atoms with van der Waals surface area (Å²) < 4.78 is 38.5. The molecule has 2 amide bonds. The summed E-state index contributed by atoms with van der Waals surface area (Å²) in [5.74, 6) is -1.31. The minimum absolute atomic E-state index is 0.0710. The highest BCUT2D eigenvalue weighted by Gasteiger charge is 2.33. The fourth-order valence-electron chi connectivity index (χ4n) is 2.16. The number of carbonyl (C=O) groups is 2. The Morgan fingerprint density at radius 3 is 2.54 bits per heavy atom. The molecule has 0 radical (unpaired) electrons. The minimum Gasteiger partial charge on any atom is -0.508 e. The van der Waals surface area contributed by atoms with Gasteiger partial charge < -0.3 is 10.4 Å². The molecule has 0 bridgehead atoms. The van der Waals surface area contributed by atoms with Gasteiger partial charge in [-0.1, -0.05) is 17.7 Å². The van der Waals surface area contributed by atoms with Crippen LogP contribution in [0.2, 0.25) is 5.02 Å². The van der Waals surface area contributed by atoms with Gasteiger partial charge in [0.15, 0.2) is 0 Å². The number of benzene rings is 2. The van der Waals surface area contributed by atoms with Crippen molar-refractivity contribution in [3.63, 3.8) is 0 Å². The SMILES string of the molecule is CC(CC(=O)Nc1ccc(Cl)c(C(F)(F)F)c1)=NNC(=O)c1cccc(O)c1. The van der Waals surface area contributed by atoms with Crippen LogP contribution in [0.3, 0.4) is 0 Å². The first kappa shape index (κ1) is 21.2. The molecule has 28 heavy (non-hydrogen) atoms. The van der Waals surface area contributed by atoms with E-state index in [0.29, 0.717) is 0 Å². The third-order valence-electron chi connectivity index (χ3n) is 3.43. The predicted molar refractivity (Wildman–Crippen MR) is 98.4 cm³/mol. The molecule has 6 nitrogen and oxygen atoms in total. The number of carbonyl (C=O) groups excluding carboxylic acids is 2. The maximum absolute atomic E-state index is 12.8. The van der Waals surface area contributed by atoms with Gasteiger partial charge in [0.1, 0.15) is 5.75 Å². The van der Waals surface area contributed by atoms with Crippen LogP contribution in [0.4, 0.5) is 18.9 Å². The van der Waals surface area contributed by atoms with Crippen molar-refractivity contribution in [3.8, 4) is 5.75 Å². The molecule has 148 valence electrons. The van der Waals surface area contributed by atoms with E-state index >= 15 is 0 Å². The van der Waals surface area contributed by atoms with E-state index in [0.717, 1.165) is 12.1 Å². The van der Waals surface area contributed by atoms with Gasteiger partial charge in [-0.3, -0.25) is 9.59 Å². The number of phenols is 1. The molecule has 0 saturated carbocycles. The molecule has 2 aromatic rings. The highest BCUT2D eigenvalue weighted by Crippen LogP contribution is 2.36. The Labute approximate surface area is 163 Å². The van der Waals surface area contributed by atoms with Gasteiger partial charge in [-0.2, -0.15) is 18.3 Å². The molecule has 10 heteroatoms. The monoisotopic (exact) mass is 413 g/mol. The molecule has 3 N–H and O–H groups in total. The number of hydrazone groups is 1. The van der Waals surface area contributed by atoms with Crippen molar-refractivity contribution in [1.29, 1.82) is 0 Å². The van der Waals surface area contributed by atoms with E-state index in [1.165, 1.54) is 37.3 Å². The summed E-state index contributed by atoms with van der Waals surface area (Å²) in [6.45, 7) is 1.46. The summed E-state index contributed by atoms with van der Waals surface area (Å²) in [5, 5.41) is 14.9. The standard InChI is InChI=1S/C18H15ClF3N3O3/c1-10(24-25-17(28)11-3-2-4-13(26)8-11)7-16(27)23-12-5-6-15(19)14(9-12)18(20,21)22/h2-6,8-9,26H,7H2,1H3,(H,23,27)(H,25,28). The second-order valence-corrected chi connectivity index (χ2v) is 6.16. The Bertz CT molecular complexity index is 930. The number of anilines is 1. The van der Waals surface area contributed by atoms with E-state index < -0.39 is 28.6 Å². The van der Waals surface area contributed by atoms with E-state index in [9.17, 15) is 27.9 Å². The van der Waals surface area contributed by atoms with Gasteiger partial charge in [-0.05, 0) is 43.3 Å². The van der Waals surface area contributed by atoms with E-state index in [1.807, 2.05) is 0 Å². The first-order valence-electron chi connectivity index (χ1n) is 7.85. The molecule has 0 aliphatic rings. The van der Waals surface area contributed by atoms with Crippen molar-refractivity contribution < 1.29 is 27.9 Å². The molecule has 2 rings (SSSR count). The second-order valence-electron chi connectivity index (χ2n) is 5.76. The summed E-state index contributed by atoms with van der Waals surface area (Å²) in [6, 6.07) is 8.60. The van der Waals surface area contributed by atoms with Crippen molar-refractivity contribution in [2.75, 3.05) is 5.32 Å². The van der Waals surface area contributed by atoms with Crippen LogP contribution in [-0.2, 0) is 11.0 Å². The molecule has 0 unspecified atom stereocenters. The molecular weight excluding hydrogens is 399 g/mol. The Kier molecular flexibility index (Phi) is 6.63. The van der Waals surface area contributed by atoms with E-state index in [2.05, 4.69) is 15.8 Å². The number of halogens is 4. The maximum atomic E-state index is 12.8. The van der Waals surface area contributed by atoms with Crippen molar-refractivity contribution in [2.24, 2.45) is 5.10 Å². The lowest BCUT2D eigenvalue weighted by Gasteiger charge is -2.11. The molecule has 0 fully saturated rings. The van der Waals surface area contributed by atoms with Crippen molar-refractivity contribution in [2.45, 2.75) is 19.5 Å². The van der Waals surface area contributed by atoms with Crippen LogP contribution in [0.15, 0.2) is 47.6 Å². The topological polar surface area (TPSA) is 90.8 Å². The van der Waals surface area contributed by atoms with Crippen LogP contribution in [0.25, 0.3) is 0 Å². The van der Waals surface area contributed by atoms with Gasteiger partial charge in [-0.25, -0.2) is 5.43 Å². The lowest BCUT2D eigenvalue weighted by atomic mass is 10.2. The largest absolute Gasteiger partial charge is 0.508 e.